The van der Waals surface area contributed by atoms with E-state index in [2.05, 4.69) is 20.9 Å². The summed E-state index contributed by atoms with van der Waals surface area (Å²) in [6.45, 7) is 1.93. The lowest BCUT2D eigenvalue weighted by Gasteiger charge is -2.20. The van der Waals surface area contributed by atoms with Gasteiger partial charge in [0.2, 0.25) is 0 Å². The van der Waals surface area contributed by atoms with Gasteiger partial charge in [0.05, 0.1) is 4.90 Å². The number of aryl methyl sites for hydroxylation is 1. The molecule has 0 radical (unpaired) electrons. The fraction of sp³-hybridized carbons (Fsp3) is 0.214. The number of hydrogen-bond acceptors (Lipinski definition) is 3. The maximum absolute atomic E-state index is 12.7. The Hall–Kier alpha value is -1.40. The highest BCUT2D eigenvalue weighted by atomic mass is 79.9. The molecular formula is C14H15BrN2O2S. The summed E-state index contributed by atoms with van der Waals surface area (Å²) in [6.07, 6.45) is 2.22. The van der Waals surface area contributed by atoms with Gasteiger partial charge in [-0.25, -0.2) is 13.4 Å². The van der Waals surface area contributed by atoms with Gasteiger partial charge in [0.25, 0.3) is 10.0 Å². The van der Waals surface area contributed by atoms with Gasteiger partial charge in [-0.1, -0.05) is 28.9 Å². The van der Waals surface area contributed by atoms with Gasteiger partial charge >= 0.3 is 0 Å². The predicted molar refractivity (Wildman–Crippen MR) is 83.3 cm³/mol. The number of rotatable bonds is 4. The van der Waals surface area contributed by atoms with Crippen molar-refractivity contribution in [2.45, 2.75) is 18.2 Å². The lowest BCUT2D eigenvalue weighted by molar-refractivity contribution is 0.593. The smallest absolute Gasteiger partial charge is 0.253 e. The molecule has 1 aromatic heterocycles. The lowest BCUT2D eigenvalue weighted by Crippen LogP contribution is -2.28. The Morgan fingerprint density at radius 2 is 2.00 bits per heavy atom. The minimum absolute atomic E-state index is 0.316. The first kappa shape index (κ1) is 15.0. The standard InChI is InChI=1S/C14H15BrN2O2S/c1-3-11-10-12(15)7-8-13(11)20(18,19)17(2)14-6-4-5-9-16-14/h4-10H,3H2,1-2H3. The Morgan fingerprint density at radius 1 is 1.25 bits per heavy atom. The van der Waals surface area contributed by atoms with Gasteiger partial charge in [-0.05, 0) is 42.3 Å². The number of halogens is 1. The third-order valence-electron chi connectivity index (χ3n) is 3.01. The second-order valence-corrected chi connectivity index (χ2v) is 7.12. The van der Waals surface area contributed by atoms with Crippen LogP contribution in [0.2, 0.25) is 0 Å². The van der Waals surface area contributed by atoms with E-state index in [9.17, 15) is 8.42 Å². The summed E-state index contributed by atoms with van der Waals surface area (Å²) in [5, 5.41) is 0. The van der Waals surface area contributed by atoms with E-state index in [-0.39, 0.29) is 0 Å². The van der Waals surface area contributed by atoms with Crippen LogP contribution in [-0.2, 0) is 16.4 Å². The lowest BCUT2D eigenvalue weighted by atomic mass is 10.2. The van der Waals surface area contributed by atoms with Crippen molar-refractivity contribution in [2.75, 3.05) is 11.4 Å². The second-order valence-electron chi connectivity index (χ2n) is 4.27. The molecule has 0 atom stereocenters. The minimum atomic E-state index is -3.60. The number of anilines is 1. The number of benzene rings is 1. The Labute approximate surface area is 127 Å². The van der Waals surface area contributed by atoms with Crippen molar-refractivity contribution in [3.8, 4) is 0 Å². The molecule has 0 aliphatic carbocycles. The average Bonchev–Trinajstić information content (AvgIpc) is 2.46. The number of nitrogens with zero attached hydrogens (tertiary/aromatic N) is 2. The van der Waals surface area contributed by atoms with E-state index in [1.165, 1.54) is 11.4 Å². The number of aromatic nitrogens is 1. The topological polar surface area (TPSA) is 50.3 Å². The van der Waals surface area contributed by atoms with Crippen LogP contribution in [0.4, 0.5) is 5.82 Å². The molecule has 0 fully saturated rings. The van der Waals surface area contributed by atoms with Gasteiger partial charge in [-0.15, -0.1) is 0 Å². The molecule has 20 heavy (non-hydrogen) atoms. The van der Waals surface area contributed by atoms with Gasteiger partial charge in [-0.3, -0.25) is 4.31 Å². The van der Waals surface area contributed by atoms with Crippen LogP contribution in [0, 0.1) is 0 Å². The van der Waals surface area contributed by atoms with E-state index in [0.29, 0.717) is 17.1 Å². The molecule has 0 aliphatic heterocycles. The molecule has 0 bridgehead atoms. The Bertz CT molecular complexity index is 702. The summed E-state index contributed by atoms with van der Waals surface area (Å²) < 4.78 is 27.5. The summed E-state index contributed by atoms with van der Waals surface area (Å²) >= 11 is 3.37. The van der Waals surface area contributed by atoms with E-state index < -0.39 is 10.0 Å². The molecule has 0 N–H and O–H groups in total. The molecular weight excluding hydrogens is 340 g/mol. The van der Waals surface area contributed by atoms with Crippen molar-refractivity contribution < 1.29 is 8.42 Å². The van der Waals surface area contributed by atoms with E-state index in [1.807, 2.05) is 13.0 Å². The van der Waals surface area contributed by atoms with E-state index in [0.717, 1.165) is 10.0 Å². The van der Waals surface area contributed by atoms with Crippen LogP contribution in [0.15, 0.2) is 52.0 Å². The van der Waals surface area contributed by atoms with Crippen LogP contribution in [-0.4, -0.2) is 20.4 Å². The van der Waals surface area contributed by atoms with Crippen molar-refractivity contribution >= 4 is 31.8 Å². The van der Waals surface area contributed by atoms with Crippen LogP contribution in [0.3, 0.4) is 0 Å². The zero-order chi connectivity index (χ0) is 14.8. The summed E-state index contributed by atoms with van der Waals surface area (Å²) in [7, 11) is -2.09. The monoisotopic (exact) mass is 354 g/mol. The van der Waals surface area contributed by atoms with Crippen molar-refractivity contribution in [2.24, 2.45) is 0 Å². The summed E-state index contributed by atoms with van der Waals surface area (Å²) in [4.78, 5) is 4.40. The predicted octanol–water partition coefficient (Wildman–Crippen LogP) is 3.23. The largest absolute Gasteiger partial charge is 0.265 e. The van der Waals surface area contributed by atoms with Gasteiger partial charge in [-0.2, -0.15) is 0 Å². The maximum Gasteiger partial charge on any atom is 0.265 e. The van der Waals surface area contributed by atoms with E-state index >= 15 is 0 Å². The maximum atomic E-state index is 12.7. The molecule has 0 unspecified atom stereocenters. The highest BCUT2D eigenvalue weighted by Crippen LogP contribution is 2.26. The van der Waals surface area contributed by atoms with Crippen molar-refractivity contribution in [1.29, 1.82) is 0 Å². The van der Waals surface area contributed by atoms with Gasteiger partial charge in [0.1, 0.15) is 5.82 Å². The number of hydrogen-bond donors (Lipinski definition) is 0. The average molecular weight is 355 g/mol. The Morgan fingerprint density at radius 3 is 2.60 bits per heavy atom. The van der Waals surface area contributed by atoms with Gasteiger partial charge in [0, 0.05) is 17.7 Å². The summed E-state index contributed by atoms with van der Waals surface area (Å²) in [5.74, 6) is 0.400. The minimum Gasteiger partial charge on any atom is -0.253 e. The number of pyridine rings is 1. The number of sulfonamides is 1. The normalized spacial score (nSPS) is 11.3. The van der Waals surface area contributed by atoms with Crippen LogP contribution in [0.25, 0.3) is 0 Å². The van der Waals surface area contributed by atoms with Crippen molar-refractivity contribution in [3.05, 3.63) is 52.6 Å². The highest BCUT2D eigenvalue weighted by Gasteiger charge is 2.24. The summed E-state index contributed by atoms with van der Waals surface area (Å²) in [5.41, 5.74) is 0.780. The molecule has 2 aromatic rings. The molecule has 0 saturated heterocycles. The zero-order valence-corrected chi connectivity index (χ0v) is 13.6. The molecule has 0 saturated carbocycles. The van der Waals surface area contributed by atoms with Crippen LogP contribution < -0.4 is 4.31 Å². The molecule has 0 amide bonds. The van der Waals surface area contributed by atoms with Crippen LogP contribution >= 0.6 is 15.9 Å². The molecule has 1 aromatic carbocycles. The Balaban J connectivity index is 2.51. The third kappa shape index (κ3) is 2.86. The summed E-state index contributed by atoms with van der Waals surface area (Å²) in [6, 6.07) is 10.4. The molecule has 4 nitrogen and oxygen atoms in total. The molecule has 6 heteroatoms. The quantitative estimate of drug-likeness (QED) is 0.846. The molecule has 0 spiro atoms. The molecule has 2 rings (SSSR count). The first-order valence-corrected chi connectivity index (χ1v) is 8.38. The van der Waals surface area contributed by atoms with Gasteiger partial charge in [0.15, 0.2) is 0 Å². The zero-order valence-electron chi connectivity index (χ0n) is 11.2. The van der Waals surface area contributed by atoms with Gasteiger partial charge < -0.3 is 0 Å². The highest BCUT2D eigenvalue weighted by molar-refractivity contribution is 9.10. The fourth-order valence-electron chi connectivity index (χ4n) is 1.89. The van der Waals surface area contributed by atoms with Crippen LogP contribution in [0.5, 0.6) is 0 Å². The molecule has 106 valence electrons. The first-order chi connectivity index (χ1) is 9.46. The SMILES string of the molecule is CCc1cc(Br)ccc1S(=O)(=O)N(C)c1ccccn1. The van der Waals surface area contributed by atoms with E-state index in [1.54, 1.807) is 36.5 Å². The molecule has 1 heterocycles. The van der Waals surface area contributed by atoms with Crippen LogP contribution in [0.1, 0.15) is 12.5 Å². The Kier molecular flexibility index (Phi) is 4.45. The second kappa shape index (κ2) is 5.93. The fourth-order valence-corrected chi connectivity index (χ4v) is 3.72. The van der Waals surface area contributed by atoms with E-state index in [4.69, 9.17) is 0 Å². The molecule has 0 aliphatic rings. The third-order valence-corrected chi connectivity index (χ3v) is 5.37. The van der Waals surface area contributed by atoms with Crippen molar-refractivity contribution in [1.82, 2.24) is 4.98 Å². The van der Waals surface area contributed by atoms with Crippen molar-refractivity contribution in [3.63, 3.8) is 0 Å². The first-order valence-electron chi connectivity index (χ1n) is 6.15.